The molecule has 3 heterocycles. The Labute approximate surface area is 117 Å². The zero-order valence-electron chi connectivity index (χ0n) is 11.4. The minimum absolute atomic E-state index is 0.0329. The quantitative estimate of drug-likeness (QED) is 0.772. The Morgan fingerprint density at radius 2 is 1.60 bits per heavy atom. The first-order valence-electron chi connectivity index (χ1n) is 7.26. The van der Waals surface area contributed by atoms with Gasteiger partial charge in [-0.25, -0.2) is 0 Å². The van der Waals surface area contributed by atoms with Crippen molar-refractivity contribution < 1.29 is 14.3 Å². The van der Waals surface area contributed by atoms with Crippen LogP contribution in [0.4, 0.5) is 0 Å². The minimum atomic E-state index is -0.229. The molecule has 4 nitrogen and oxygen atoms in total. The number of amides is 2. The normalized spacial score (nSPS) is 36.5. The third kappa shape index (κ3) is 1.45. The van der Waals surface area contributed by atoms with Gasteiger partial charge < -0.3 is 4.74 Å². The first-order chi connectivity index (χ1) is 9.68. The van der Waals surface area contributed by atoms with Crippen molar-refractivity contribution in [1.29, 1.82) is 0 Å². The van der Waals surface area contributed by atoms with E-state index in [0.717, 1.165) is 18.4 Å². The summed E-state index contributed by atoms with van der Waals surface area (Å²) in [6, 6.07) is 9.54. The number of carbonyl (C=O) groups excluding carboxylic acids is 2. The van der Waals surface area contributed by atoms with E-state index >= 15 is 0 Å². The van der Waals surface area contributed by atoms with Crippen molar-refractivity contribution >= 4 is 11.8 Å². The van der Waals surface area contributed by atoms with Crippen molar-refractivity contribution in [2.24, 2.45) is 11.8 Å². The van der Waals surface area contributed by atoms with Gasteiger partial charge in [0.25, 0.3) is 0 Å². The van der Waals surface area contributed by atoms with Crippen molar-refractivity contribution in [2.75, 3.05) is 0 Å². The summed E-state index contributed by atoms with van der Waals surface area (Å²) in [5.41, 5.74) is 1.00. The Hall–Kier alpha value is -1.68. The number of fused-ring (bicyclic) bond motifs is 5. The monoisotopic (exact) mass is 271 g/mol. The molecule has 0 N–H and O–H groups in total. The summed E-state index contributed by atoms with van der Waals surface area (Å²) < 4.78 is 5.75. The van der Waals surface area contributed by atoms with Crippen LogP contribution in [0.1, 0.15) is 31.4 Å². The van der Waals surface area contributed by atoms with E-state index in [2.05, 4.69) is 0 Å². The van der Waals surface area contributed by atoms with Crippen molar-refractivity contribution in [3.8, 4) is 0 Å². The third-order valence-corrected chi connectivity index (χ3v) is 4.99. The van der Waals surface area contributed by atoms with Crippen LogP contribution < -0.4 is 0 Å². The van der Waals surface area contributed by atoms with Crippen LogP contribution in [0.5, 0.6) is 0 Å². The van der Waals surface area contributed by atoms with E-state index in [1.54, 1.807) is 0 Å². The van der Waals surface area contributed by atoms with Crippen molar-refractivity contribution in [3.63, 3.8) is 0 Å². The van der Waals surface area contributed by atoms with Gasteiger partial charge in [0, 0.05) is 0 Å². The molecule has 2 amide bonds. The molecular formula is C16H17NO3. The molecule has 3 fully saturated rings. The Morgan fingerprint density at radius 1 is 1.05 bits per heavy atom. The lowest BCUT2D eigenvalue weighted by Crippen LogP contribution is -2.36. The maximum absolute atomic E-state index is 12.6. The zero-order valence-corrected chi connectivity index (χ0v) is 11.4. The van der Waals surface area contributed by atoms with Gasteiger partial charge >= 0.3 is 0 Å². The predicted molar refractivity (Wildman–Crippen MR) is 71.6 cm³/mol. The van der Waals surface area contributed by atoms with Crippen LogP contribution in [0.15, 0.2) is 30.3 Å². The second-order valence-electron chi connectivity index (χ2n) is 5.98. The van der Waals surface area contributed by atoms with E-state index < -0.39 is 0 Å². The SMILES string of the molecule is C[C@@H](c1ccccc1)N1C(=O)[C@@H]2[C@H](C1=O)[C@H]1CC[C@@H]2O1. The average molecular weight is 271 g/mol. The second-order valence-corrected chi connectivity index (χ2v) is 5.98. The molecule has 1 aromatic carbocycles. The maximum atomic E-state index is 12.6. The largest absolute Gasteiger partial charge is 0.373 e. The molecule has 0 spiro atoms. The van der Waals surface area contributed by atoms with Crippen molar-refractivity contribution in [1.82, 2.24) is 4.90 Å². The van der Waals surface area contributed by atoms with Crippen molar-refractivity contribution in [3.05, 3.63) is 35.9 Å². The highest BCUT2D eigenvalue weighted by Crippen LogP contribution is 2.50. The lowest BCUT2D eigenvalue weighted by molar-refractivity contribution is -0.145. The van der Waals surface area contributed by atoms with E-state index in [9.17, 15) is 9.59 Å². The minimum Gasteiger partial charge on any atom is -0.373 e. The number of hydrogen-bond donors (Lipinski definition) is 0. The number of carbonyl (C=O) groups is 2. The molecule has 4 rings (SSSR count). The number of nitrogens with zero attached hydrogens (tertiary/aromatic N) is 1. The van der Waals surface area contributed by atoms with Crippen LogP contribution in [-0.4, -0.2) is 28.9 Å². The molecule has 3 saturated heterocycles. The van der Waals surface area contributed by atoms with Gasteiger partial charge in [-0.15, -0.1) is 0 Å². The fourth-order valence-electron chi connectivity index (χ4n) is 4.00. The van der Waals surface area contributed by atoms with Gasteiger partial charge in [0.05, 0.1) is 30.1 Å². The Morgan fingerprint density at radius 3 is 2.15 bits per heavy atom. The zero-order chi connectivity index (χ0) is 13.9. The van der Waals surface area contributed by atoms with Crippen LogP contribution in [0.2, 0.25) is 0 Å². The first-order valence-corrected chi connectivity index (χ1v) is 7.26. The van der Waals surface area contributed by atoms with Crippen LogP contribution in [0, 0.1) is 11.8 Å². The summed E-state index contributed by atoms with van der Waals surface area (Å²) in [4.78, 5) is 26.7. The number of benzene rings is 1. The smallest absolute Gasteiger partial charge is 0.236 e. The lowest BCUT2D eigenvalue weighted by atomic mass is 9.81. The molecule has 0 unspecified atom stereocenters. The van der Waals surface area contributed by atoms with Crippen LogP contribution in [-0.2, 0) is 14.3 Å². The molecule has 20 heavy (non-hydrogen) atoms. The number of ether oxygens (including phenoxy) is 1. The Bertz CT molecular complexity index is 542. The molecule has 1 aromatic rings. The average Bonchev–Trinajstić information content (AvgIpc) is 3.14. The first kappa shape index (κ1) is 12.1. The number of rotatable bonds is 2. The van der Waals surface area contributed by atoms with E-state index in [1.165, 1.54) is 4.90 Å². The summed E-state index contributed by atoms with van der Waals surface area (Å²) in [5, 5.41) is 0. The van der Waals surface area contributed by atoms with Gasteiger partial charge in [0.2, 0.25) is 11.8 Å². The van der Waals surface area contributed by atoms with Crippen LogP contribution >= 0.6 is 0 Å². The Kier molecular flexibility index (Phi) is 2.51. The number of likely N-dealkylation sites (tertiary alicyclic amines) is 1. The summed E-state index contributed by atoms with van der Waals surface area (Å²) >= 11 is 0. The molecule has 2 bridgehead atoms. The molecule has 3 aliphatic rings. The topological polar surface area (TPSA) is 46.6 Å². The van der Waals surface area contributed by atoms with Gasteiger partial charge in [-0.05, 0) is 25.3 Å². The standard InChI is InChI=1S/C16H17NO3/c1-9(10-5-3-2-4-6-10)17-15(18)13-11-7-8-12(20-11)14(13)16(17)19/h2-6,9,11-14H,7-8H2,1H3/t9-,11-,12+,13-,14+/m0/s1. The molecule has 3 aliphatic heterocycles. The van der Waals surface area contributed by atoms with E-state index in [-0.39, 0.29) is 41.9 Å². The highest BCUT2D eigenvalue weighted by molar-refractivity contribution is 6.06. The molecule has 0 saturated carbocycles. The molecule has 0 radical (unpaired) electrons. The molecule has 0 aliphatic carbocycles. The molecular weight excluding hydrogens is 254 g/mol. The van der Waals surface area contributed by atoms with Gasteiger partial charge in [-0.3, -0.25) is 14.5 Å². The summed E-state index contributed by atoms with van der Waals surface area (Å²) in [5.74, 6) is -0.535. The fourth-order valence-corrected chi connectivity index (χ4v) is 4.00. The second kappa shape index (κ2) is 4.16. The third-order valence-electron chi connectivity index (χ3n) is 4.99. The summed E-state index contributed by atoms with van der Waals surface area (Å²) in [7, 11) is 0. The number of hydrogen-bond acceptors (Lipinski definition) is 3. The van der Waals surface area contributed by atoms with Gasteiger partial charge in [0.1, 0.15) is 0 Å². The molecule has 0 aromatic heterocycles. The summed E-state index contributed by atoms with van der Waals surface area (Å²) in [6.45, 7) is 1.93. The highest BCUT2D eigenvalue weighted by atomic mass is 16.5. The molecule has 5 atom stereocenters. The van der Waals surface area contributed by atoms with Crippen LogP contribution in [0.3, 0.4) is 0 Å². The molecule has 104 valence electrons. The molecule has 4 heteroatoms. The fraction of sp³-hybridized carbons (Fsp3) is 0.500. The number of imide groups is 1. The Balaban J connectivity index is 1.67. The van der Waals surface area contributed by atoms with Gasteiger partial charge in [-0.2, -0.15) is 0 Å². The van der Waals surface area contributed by atoms with Gasteiger partial charge in [-0.1, -0.05) is 30.3 Å². The van der Waals surface area contributed by atoms with E-state index in [4.69, 9.17) is 4.74 Å². The van der Waals surface area contributed by atoms with E-state index in [0.29, 0.717) is 0 Å². The summed E-state index contributed by atoms with van der Waals surface area (Å²) in [6.07, 6.45) is 1.76. The van der Waals surface area contributed by atoms with Crippen molar-refractivity contribution in [2.45, 2.75) is 38.0 Å². The van der Waals surface area contributed by atoms with Crippen LogP contribution in [0.25, 0.3) is 0 Å². The maximum Gasteiger partial charge on any atom is 0.236 e. The van der Waals surface area contributed by atoms with Gasteiger partial charge in [0.15, 0.2) is 0 Å². The predicted octanol–water partition coefficient (Wildman–Crippen LogP) is 1.91. The van der Waals surface area contributed by atoms with E-state index in [1.807, 2.05) is 37.3 Å². The highest BCUT2D eigenvalue weighted by Gasteiger charge is 2.62. The lowest BCUT2D eigenvalue weighted by Gasteiger charge is -2.25.